The Labute approximate surface area is 313 Å². The largest absolute Gasteiger partial charge is 0.445 e. The zero-order valence-electron chi connectivity index (χ0n) is 30.2. The SMILES string of the molecule is CSCC[C@H](CC=O)C(=O)N[C@@H](CC(C)C)C(=O)C[C@@H](Cc1ccccc1)C(=O)NC[C@H](NC(=O)OCc1ccccc1)C(=O)ON1C(=O)CCC1=O. The molecular weight excluding hydrogens is 705 g/mol. The minimum atomic E-state index is -1.60. The number of rotatable bonds is 22. The number of carbonyl (C=O) groups is 8. The molecule has 2 aromatic rings. The molecule has 3 rings (SSSR count). The molecule has 0 radical (unpaired) electrons. The van der Waals surface area contributed by atoms with E-state index in [4.69, 9.17) is 9.57 Å². The average Bonchev–Trinajstić information content (AvgIpc) is 3.46. The van der Waals surface area contributed by atoms with Gasteiger partial charge in [-0.15, -0.1) is 5.06 Å². The summed E-state index contributed by atoms with van der Waals surface area (Å²) < 4.78 is 5.23. The Morgan fingerprint density at radius 1 is 0.849 bits per heavy atom. The van der Waals surface area contributed by atoms with E-state index in [0.717, 1.165) is 5.56 Å². The van der Waals surface area contributed by atoms with Gasteiger partial charge in [0.1, 0.15) is 18.9 Å². The number of hydrogen-bond donors (Lipinski definition) is 3. The first kappa shape index (κ1) is 42.4. The number of thioether (sulfide) groups is 1. The maximum Gasteiger partial charge on any atom is 0.408 e. The molecule has 0 aliphatic carbocycles. The summed E-state index contributed by atoms with van der Waals surface area (Å²) in [5.41, 5.74) is 1.42. The van der Waals surface area contributed by atoms with Crippen LogP contribution in [0.3, 0.4) is 0 Å². The van der Waals surface area contributed by atoms with Gasteiger partial charge in [-0.3, -0.25) is 24.0 Å². The third kappa shape index (κ3) is 14.5. The summed E-state index contributed by atoms with van der Waals surface area (Å²) in [4.78, 5) is 107. The van der Waals surface area contributed by atoms with Gasteiger partial charge in [-0.25, -0.2) is 9.59 Å². The number of hydroxylamine groups is 2. The van der Waals surface area contributed by atoms with Gasteiger partial charge in [0, 0.05) is 44.1 Å². The number of imide groups is 1. The Hall–Kier alpha value is -5.05. The van der Waals surface area contributed by atoms with Gasteiger partial charge < -0.3 is 30.3 Å². The fourth-order valence-electron chi connectivity index (χ4n) is 5.56. The minimum Gasteiger partial charge on any atom is -0.445 e. The molecule has 53 heavy (non-hydrogen) atoms. The summed E-state index contributed by atoms with van der Waals surface area (Å²) in [6.45, 7) is 3.13. The standard InChI is InChI=1S/C38H48N4O10S/c1-25(2)20-30(40-36(48)28(16-18-43)17-19-53-3)32(44)22-29(21-26-10-6-4-7-11-26)35(47)39-23-31(37(49)52-42-33(45)14-15-34(42)46)41-38(50)51-24-27-12-8-5-9-13-27/h4-13,18,25,28-31H,14-17,19-24H2,1-3H3,(H,39,47)(H,40,48)(H,41,50)/t28-,29+,30-,31-/m0/s1. The van der Waals surface area contributed by atoms with E-state index in [1.807, 2.05) is 20.1 Å². The van der Waals surface area contributed by atoms with Crippen molar-refractivity contribution in [1.29, 1.82) is 0 Å². The Kier molecular flexibility index (Phi) is 17.7. The first-order valence-electron chi connectivity index (χ1n) is 17.5. The molecule has 0 saturated carbocycles. The van der Waals surface area contributed by atoms with Crippen LogP contribution in [0.15, 0.2) is 60.7 Å². The minimum absolute atomic E-state index is 0.00947. The van der Waals surface area contributed by atoms with Gasteiger partial charge in [0.05, 0.1) is 6.04 Å². The second-order valence-corrected chi connectivity index (χ2v) is 14.1. The van der Waals surface area contributed by atoms with Crippen LogP contribution in [-0.4, -0.2) is 83.5 Å². The van der Waals surface area contributed by atoms with Gasteiger partial charge in [0.25, 0.3) is 11.8 Å². The van der Waals surface area contributed by atoms with Gasteiger partial charge in [-0.1, -0.05) is 74.5 Å². The molecule has 1 heterocycles. The van der Waals surface area contributed by atoms with Gasteiger partial charge in [-0.05, 0) is 48.3 Å². The highest BCUT2D eigenvalue weighted by molar-refractivity contribution is 7.98. The van der Waals surface area contributed by atoms with E-state index in [2.05, 4.69) is 16.0 Å². The molecule has 4 atom stereocenters. The highest BCUT2D eigenvalue weighted by Gasteiger charge is 2.36. The lowest BCUT2D eigenvalue weighted by Gasteiger charge is -2.25. The number of ether oxygens (including phenoxy) is 1. The molecule has 1 saturated heterocycles. The lowest BCUT2D eigenvalue weighted by molar-refractivity contribution is -0.198. The number of ketones is 1. The van der Waals surface area contributed by atoms with Crippen LogP contribution in [0.5, 0.6) is 0 Å². The smallest absolute Gasteiger partial charge is 0.408 e. The van der Waals surface area contributed by atoms with Crippen molar-refractivity contribution in [1.82, 2.24) is 21.0 Å². The predicted molar refractivity (Wildman–Crippen MR) is 196 cm³/mol. The van der Waals surface area contributed by atoms with Crippen LogP contribution in [0, 0.1) is 17.8 Å². The fourth-order valence-corrected chi connectivity index (χ4v) is 6.08. The summed E-state index contributed by atoms with van der Waals surface area (Å²) in [6, 6.07) is 15.2. The summed E-state index contributed by atoms with van der Waals surface area (Å²) >= 11 is 1.54. The molecular formula is C38H48N4O10S. The quantitative estimate of drug-likeness (QED) is 0.118. The van der Waals surface area contributed by atoms with Crippen molar-refractivity contribution >= 4 is 59.5 Å². The lowest BCUT2D eigenvalue weighted by Crippen LogP contribution is -2.52. The van der Waals surface area contributed by atoms with Crippen molar-refractivity contribution < 1.29 is 47.9 Å². The number of nitrogens with one attached hydrogen (secondary N) is 3. The van der Waals surface area contributed by atoms with Crippen molar-refractivity contribution in [2.75, 3.05) is 18.6 Å². The normalized spacial score (nSPS) is 14.8. The Morgan fingerprint density at radius 2 is 1.47 bits per heavy atom. The van der Waals surface area contributed by atoms with Crippen molar-refractivity contribution in [3.05, 3.63) is 71.8 Å². The maximum absolute atomic E-state index is 13.9. The molecule has 1 fully saturated rings. The van der Waals surface area contributed by atoms with Crippen LogP contribution in [-0.2, 0) is 56.2 Å². The zero-order valence-corrected chi connectivity index (χ0v) is 31.1. The van der Waals surface area contributed by atoms with Crippen molar-refractivity contribution in [3.63, 3.8) is 0 Å². The lowest BCUT2D eigenvalue weighted by atomic mass is 9.88. The zero-order chi connectivity index (χ0) is 38.8. The molecule has 0 aromatic heterocycles. The second kappa shape index (κ2) is 22.1. The first-order valence-corrected chi connectivity index (χ1v) is 18.9. The van der Waals surface area contributed by atoms with Gasteiger partial charge >= 0.3 is 12.1 Å². The molecule has 0 unspecified atom stereocenters. The summed E-state index contributed by atoms with van der Waals surface area (Å²) in [5, 5.41) is 8.11. The molecule has 2 aromatic carbocycles. The highest BCUT2D eigenvalue weighted by atomic mass is 32.2. The second-order valence-electron chi connectivity index (χ2n) is 13.1. The number of hydrogen-bond acceptors (Lipinski definition) is 11. The van der Waals surface area contributed by atoms with Crippen LogP contribution >= 0.6 is 11.8 Å². The maximum atomic E-state index is 13.9. The number of amides is 5. The third-order valence-electron chi connectivity index (χ3n) is 8.43. The average molecular weight is 753 g/mol. The van der Waals surface area contributed by atoms with Gasteiger partial charge in [-0.2, -0.15) is 11.8 Å². The molecule has 286 valence electrons. The fraction of sp³-hybridized carbons (Fsp3) is 0.474. The van der Waals surface area contributed by atoms with Crippen molar-refractivity contribution in [3.8, 4) is 0 Å². The molecule has 5 amide bonds. The van der Waals surface area contributed by atoms with E-state index >= 15 is 0 Å². The van der Waals surface area contributed by atoms with E-state index in [1.54, 1.807) is 72.4 Å². The molecule has 15 heteroatoms. The van der Waals surface area contributed by atoms with Crippen molar-refractivity contribution in [2.45, 2.75) is 77.5 Å². The van der Waals surface area contributed by atoms with E-state index < -0.39 is 66.2 Å². The third-order valence-corrected chi connectivity index (χ3v) is 9.08. The molecule has 3 N–H and O–H groups in total. The molecule has 0 spiro atoms. The summed E-state index contributed by atoms with van der Waals surface area (Å²) in [7, 11) is 0. The number of benzene rings is 2. The number of nitrogens with zero attached hydrogens (tertiary/aromatic N) is 1. The molecule has 14 nitrogen and oxygen atoms in total. The number of aldehydes is 1. The highest BCUT2D eigenvalue weighted by Crippen LogP contribution is 2.19. The van der Waals surface area contributed by atoms with E-state index in [9.17, 15) is 38.4 Å². The monoisotopic (exact) mass is 752 g/mol. The summed E-state index contributed by atoms with van der Waals surface area (Å²) in [5.74, 6) is -5.00. The van der Waals surface area contributed by atoms with Crippen LogP contribution < -0.4 is 16.0 Å². The Balaban J connectivity index is 1.79. The van der Waals surface area contributed by atoms with Crippen LogP contribution in [0.2, 0.25) is 0 Å². The Morgan fingerprint density at radius 3 is 2.06 bits per heavy atom. The van der Waals surface area contributed by atoms with Gasteiger partial charge in [0.15, 0.2) is 5.78 Å². The van der Waals surface area contributed by atoms with Crippen LogP contribution in [0.25, 0.3) is 0 Å². The first-order chi connectivity index (χ1) is 25.4. The number of Topliss-reactive ketones (excluding diaryl/α,β-unsaturated/α-hetero) is 1. The van der Waals surface area contributed by atoms with Gasteiger partial charge in [0.2, 0.25) is 11.8 Å². The molecule has 0 bridgehead atoms. The van der Waals surface area contributed by atoms with Crippen LogP contribution in [0.4, 0.5) is 4.79 Å². The van der Waals surface area contributed by atoms with E-state index in [1.165, 1.54) is 0 Å². The van der Waals surface area contributed by atoms with E-state index in [-0.39, 0.29) is 50.4 Å². The Bertz CT molecular complexity index is 1560. The molecule has 1 aliphatic rings. The van der Waals surface area contributed by atoms with Crippen LogP contribution in [0.1, 0.15) is 63.5 Å². The summed E-state index contributed by atoms with van der Waals surface area (Å²) in [6.07, 6.45) is 1.89. The predicted octanol–water partition coefficient (Wildman–Crippen LogP) is 3.31. The van der Waals surface area contributed by atoms with E-state index in [0.29, 0.717) is 35.5 Å². The number of alkyl carbamates (subject to hydrolysis) is 1. The molecule has 1 aliphatic heterocycles. The number of carbonyl (C=O) groups excluding carboxylic acids is 8. The topological polar surface area (TPSA) is 194 Å². The van der Waals surface area contributed by atoms with Crippen molar-refractivity contribution in [2.24, 2.45) is 17.8 Å².